The van der Waals surface area contributed by atoms with Crippen molar-refractivity contribution in [2.45, 2.75) is 58.5 Å². The van der Waals surface area contributed by atoms with Crippen molar-refractivity contribution in [2.24, 2.45) is 23.7 Å². The van der Waals surface area contributed by atoms with Gasteiger partial charge in [0.2, 0.25) is 0 Å². The lowest BCUT2D eigenvalue weighted by atomic mass is 9.65. The largest absolute Gasteiger partial charge is 0.513 e. The van der Waals surface area contributed by atoms with E-state index in [0.717, 1.165) is 12.8 Å². The van der Waals surface area contributed by atoms with Gasteiger partial charge in [0.15, 0.2) is 0 Å². The van der Waals surface area contributed by atoms with Crippen LogP contribution in [0.15, 0.2) is 0 Å². The first-order chi connectivity index (χ1) is 8.67. The SMILES string of the molecule is CC(C)[C@H]1CC[C@H](C)C[C@@H]1C1(O)OC(=O)OC1(C)O. The van der Waals surface area contributed by atoms with E-state index in [1.807, 2.05) is 0 Å². The van der Waals surface area contributed by atoms with Gasteiger partial charge in [-0.15, -0.1) is 0 Å². The molecule has 1 saturated carbocycles. The van der Waals surface area contributed by atoms with E-state index in [-0.39, 0.29) is 11.8 Å². The van der Waals surface area contributed by atoms with E-state index in [9.17, 15) is 15.0 Å². The Bertz CT molecular complexity index is 365. The molecule has 110 valence electrons. The molecular formula is C14H24O5. The fourth-order valence-corrected chi connectivity index (χ4v) is 3.55. The van der Waals surface area contributed by atoms with Crippen molar-refractivity contribution in [1.82, 2.24) is 0 Å². The Hall–Kier alpha value is -0.810. The van der Waals surface area contributed by atoms with Crippen LogP contribution in [-0.4, -0.2) is 27.9 Å². The average molecular weight is 272 g/mol. The Morgan fingerprint density at radius 2 is 1.89 bits per heavy atom. The fourth-order valence-electron chi connectivity index (χ4n) is 3.55. The summed E-state index contributed by atoms with van der Waals surface area (Å²) in [5, 5.41) is 20.9. The smallest absolute Gasteiger partial charge is 0.395 e. The van der Waals surface area contributed by atoms with Crippen LogP contribution in [0.1, 0.15) is 47.0 Å². The maximum atomic E-state index is 11.3. The van der Waals surface area contributed by atoms with Gasteiger partial charge >= 0.3 is 6.16 Å². The van der Waals surface area contributed by atoms with Gasteiger partial charge in [0.05, 0.1) is 0 Å². The van der Waals surface area contributed by atoms with Crippen LogP contribution in [0.5, 0.6) is 0 Å². The van der Waals surface area contributed by atoms with Crippen LogP contribution in [0.4, 0.5) is 4.79 Å². The highest BCUT2D eigenvalue weighted by Crippen LogP contribution is 2.50. The molecular weight excluding hydrogens is 248 g/mol. The maximum Gasteiger partial charge on any atom is 0.513 e. The highest BCUT2D eigenvalue weighted by atomic mass is 16.9. The number of carbonyl (C=O) groups is 1. The Balaban J connectivity index is 2.33. The predicted octanol–water partition coefficient (Wildman–Crippen LogP) is 2.26. The second kappa shape index (κ2) is 4.63. The highest BCUT2D eigenvalue weighted by molar-refractivity contribution is 5.63. The number of ether oxygens (including phenoxy) is 2. The minimum Gasteiger partial charge on any atom is -0.395 e. The van der Waals surface area contributed by atoms with Crippen molar-refractivity contribution >= 4 is 6.16 Å². The molecule has 0 aromatic carbocycles. The standard InChI is InChI=1S/C14H24O5/c1-8(2)10-6-5-9(3)7-11(10)14(17)13(4,16)18-12(15)19-14/h8-11,16-17H,5-7H2,1-4H3/t9-,10+,11-,13?,14?/m0/s1. The highest BCUT2D eigenvalue weighted by Gasteiger charge is 2.65. The zero-order chi connectivity index (χ0) is 14.4. The molecule has 1 aliphatic heterocycles. The normalized spacial score (nSPS) is 47.1. The third kappa shape index (κ3) is 2.34. The summed E-state index contributed by atoms with van der Waals surface area (Å²) in [4.78, 5) is 11.3. The zero-order valence-corrected chi connectivity index (χ0v) is 12.0. The third-order valence-corrected chi connectivity index (χ3v) is 4.71. The van der Waals surface area contributed by atoms with Crippen LogP contribution in [0.25, 0.3) is 0 Å². The van der Waals surface area contributed by atoms with Crippen LogP contribution in [0, 0.1) is 23.7 Å². The van der Waals surface area contributed by atoms with Gasteiger partial charge in [0.25, 0.3) is 11.6 Å². The summed E-state index contributed by atoms with van der Waals surface area (Å²) >= 11 is 0. The maximum absolute atomic E-state index is 11.3. The van der Waals surface area contributed by atoms with Gasteiger partial charge in [-0.25, -0.2) is 4.79 Å². The predicted molar refractivity (Wildman–Crippen MR) is 68.0 cm³/mol. The van der Waals surface area contributed by atoms with E-state index in [2.05, 4.69) is 20.8 Å². The van der Waals surface area contributed by atoms with E-state index >= 15 is 0 Å². The van der Waals surface area contributed by atoms with Gasteiger partial charge in [-0.2, -0.15) is 0 Å². The minimum absolute atomic E-state index is 0.196. The van der Waals surface area contributed by atoms with Crippen LogP contribution < -0.4 is 0 Å². The topological polar surface area (TPSA) is 76.0 Å². The van der Waals surface area contributed by atoms with Crippen LogP contribution >= 0.6 is 0 Å². The molecule has 5 nitrogen and oxygen atoms in total. The summed E-state index contributed by atoms with van der Waals surface area (Å²) in [6, 6.07) is 0. The second-order valence-corrected chi connectivity index (χ2v) is 6.57. The Morgan fingerprint density at radius 3 is 2.37 bits per heavy atom. The first-order valence-electron chi connectivity index (χ1n) is 7.04. The van der Waals surface area contributed by atoms with E-state index in [1.54, 1.807) is 0 Å². The molecule has 2 fully saturated rings. The Morgan fingerprint density at radius 1 is 1.26 bits per heavy atom. The van der Waals surface area contributed by atoms with Crippen molar-refractivity contribution in [2.75, 3.05) is 0 Å². The zero-order valence-electron chi connectivity index (χ0n) is 12.0. The number of rotatable bonds is 2. The quantitative estimate of drug-likeness (QED) is 0.754. The number of carbonyl (C=O) groups excluding carboxylic acids is 1. The molecule has 0 amide bonds. The van der Waals surface area contributed by atoms with Crippen LogP contribution in [0.3, 0.4) is 0 Å². The molecule has 5 atom stereocenters. The van der Waals surface area contributed by atoms with E-state index in [4.69, 9.17) is 9.47 Å². The Kier molecular flexibility index (Phi) is 3.56. The lowest BCUT2D eigenvalue weighted by Gasteiger charge is -2.45. The molecule has 2 aliphatic rings. The molecule has 19 heavy (non-hydrogen) atoms. The number of hydrogen-bond acceptors (Lipinski definition) is 5. The number of hydrogen-bond donors (Lipinski definition) is 2. The Labute approximate surface area is 113 Å². The summed E-state index contributed by atoms with van der Waals surface area (Å²) in [5.41, 5.74) is 0. The van der Waals surface area contributed by atoms with E-state index < -0.39 is 17.7 Å². The average Bonchev–Trinajstić information content (AvgIpc) is 2.47. The van der Waals surface area contributed by atoms with Gasteiger partial charge in [-0.3, -0.25) is 0 Å². The van der Waals surface area contributed by atoms with E-state index in [1.165, 1.54) is 6.92 Å². The van der Waals surface area contributed by atoms with E-state index in [0.29, 0.717) is 18.3 Å². The number of aliphatic hydroxyl groups is 2. The summed E-state index contributed by atoms with van der Waals surface area (Å²) < 4.78 is 9.70. The van der Waals surface area contributed by atoms with Gasteiger partial charge in [-0.05, 0) is 30.6 Å². The molecule has 5 heteroatoms. The molecule has 1 aliphatic carbocycles. The van der Waals surface area contributed by atoms with Crippen molar-refractivity contribution in [3.8, 4) is 0 Å². The lowest BCUT2D eigenvalue weighted by Crippen LogP contribution is -2.58. The molecule has 0 radical (unpaired) electrons. The monoisotopic (exact) mass is 272 g/mol. The van der Waals surface area contributed by atoms with Crippen molar-refractivity contribution < 1.29 is 24.5 Å². The summed E-state index contributed by atoms with van der Waals surface area (Å²) in [6.07, 6.45) is 1.76. The van der Waals surface area contributed by atoms with Gasteiger partial charge in [0.1, 0.15) is 0 Å². The fraction of sp³-hybridized carbons (Fsp3) is 0.929. The lowest BCUT2D eigenvalue weighted by molar-refractivity contribution is -0.321. The van der Waals surface area contributed by atoms with Gasteiger partial charge in [-0.1, -0.05) is 27.2 Å². The molecule has 1 heterocycles. The molecule has 0 bridgehead atoms. The van der Waals surface area contributed by atoms with Gasteiger partial charge < -0.3 is 19.7 Å². The van der Waals surface area contributed by atoms with Crippen LogP contribution in [0.2, 0.25) is 0 Å². The van der Waals surface area contributed by atoms with Crippen molar-refractivity contribution in [1.29, 1.82) is 0 Å². The van der Waals surface area contributed by atoms with Crippen LogP contribution in [-0.2, 0) is 9.47 Å². The first kappa shape index (κ1) is 14.6. The molecule has 0 aromatic rings. The molecule has 0 spiro atoms. The molecule has 2 N–H and O–H groups in total. The molecule has 2 rings (SSSR count). The molecule has 0 aromatic heterocycles. The first-order valence-corrected chi connectivity index (χ1v) is 7.04. The number of cyclic esters (lactones) is 2. The minimum atomic E-state index is -1.99. The summed E-state index contributed by atoms with van der Waals surface area (Å²) in [5.74, 6) is -3.28. The third-order valence-electron chi connectivity index (χ3n) is 4.71. The second-order valence-electron chi connectivity index (χ2n) is 6.57. The summed E-state index contributed by atoms with van der Waals surface area (Å²) in [6.45, 7) is 7.57. The molecule has 1 saturated heterocycles. The van der Waals surface area contributed by atoms with Gasteiger partial charge in [0, 0.05) is 12.8 Å². The summed E-state index contributed by atoms with van der Waals surface area (Å²) in [7, 11) is 0. The van der Waals surface area contributed by atoms with Crippen molar-refractivity contribution in [3.63, 3.8) is 0 Å². The van der Waals surface area contributed by atoms with Crippen molar-refractivity contribution in [3.05, 3.63) is 0 Å². The molecule has 2 unspecified atom stereocenters.